The molecule has 0 bridgehead atoms. The van der Waals surface area contributed by atoms with Crippen LogP contribution in [0.5, 0.6) is 0 Å². The van der Waals surface area contributed by atoms with Crippen LogP contribution in [-0.4, -0.2) is 21.0 Å². The van der Waals surface area contributed by atoms with Crippen LogP contribution in [0.4, 0.5) is 4.39 Å². The number of aromatic nitrogens is 2. The number of hydrogen-bond donors (Lipinski definition) is 0. The number of imidazole rings is 1. The topological polar surface area (TPSA) is 21.1 Å². The molecule has 0 amide bonds. The van der Waals surface area contributed by atoms with Gasteiger partial charge in [0.05, 0.1) is 6.54 Å². The molecule has 0 aliphatic carbocycles. The summed E-state index contributed by atoms with van der Waals surface area (Å²) in [6.45, 7) is 4.24. The summed E-state index contributed by atoms with van der Waals surface area (Å²) in [7, 11) is 1.96. The van der Waals surface area contributed by atoms with E-state index in [-0.39, 0.29) is 5.82 Å². The standard InChI is InChI=1S/C14H17ClFN3/c1-3-19(10-14-17-6-7-18(14)2)9-11-8-12(16)4-5-13(11)15/h4-8H,3,9-10H2,1-2H3. The van der Waals surface area contributed by atoms with Gasteiger partial charge in [0.1, 0.15) is 11.6 Å². The van der Waals surface area contributed by atoms with Gasteiger partial charge in [-0.1, -0.05) is 18.5 Å². The van der Waals surface area contributed by atoms with Crippen LogP contribution >= 0.6 is 11.6 Å². The van der Waals surface area contributed by atoms with E-state index >= 15 is 0 Å². The molecule has 3 nitrogen and oxygen atoms in total. The normalized spacial score (nSPS) is 11.2. The van der Waals surface area contributed by atoms with E-state index in [9.17, 15) is 4.39 Å². The lowest BCUT2D eigenvalue weighted by molar-refractivity contribution is 0.261. The van der Waals surface area contributed by atoms with Crippen molar-refractivity contribution in [3.05, 3.63) is 52.8 Å². The van der Waals surface area contributed by atoms with E-state index in [2.05, 4.69) is 16.8 Å². The molecule has 2 rings (SSSR count). The smallest absolute Gasteiger partial charge is 0.123 e. The first-order chi connectivity index (χ1) is 9.10. The first kappa shape index (κ1) is 14.0. The van der Waals surface area contributed by atoms with Crippen molar-refractivity contribution in [2.45, 2.75) is 20.0 Å². The molecule has 1 heterocycles. The molecule has 2 aromatic rings. The van der Waals surface area contributed by atoms with Gasteiger partial charge in [-0.3, -0.25) is 4.90 Å². The Balaban J connectivity index is 2.11. The summed E-state index contributed by atoms with van der Waals surface area (Å²) in [5.74, 6) is 0.724. The first-order valence-electron chi connectivity index (χ1n) is 6.22. The number of halogens is 2. The summed E-state index contributed by atoms with van der Waals surface area (Å²) >= 11 is 6.10. The highest BCUT2D eigenvalue weighted by molar-refractivity contribution is 6.31. The Morgan fingerprint density at radius 2 is 2.16 bits per heavy atom. The summed E-state index contributed by atoms with van der Waals surface area (Å²) < 4.78 is 15.2. The van der Waals surface area contributed by atoms with Crippen molar-refractivity contribution < 1.29 is 4.39 Å². The van der Waals surface area contributed by atoms with Crippen LogP contribution in [0.2, 0.25) is 5.02 Å². The molecule has 0 aliphatic rings. The second-order valence-corrected chi connectivity index (χ2v) is 4.90. The molecule has 102 valence electrons. The van der Waals surface area contributed by atoms with Crippen molar-refractivity contribution in [1.82, 2.24) is 14.5 Å². The van der Waals surface area contributed by atoms with Crippen LogP contribution in [0.25, 0.3) is 0 Å². The molecule has 0 atom stereocenters. The maximum atomic E-state index is 13.2. The van der Waals surface area contributed by atoms with Gasteiger partial charge in [0.15, 0.2) is 0 Å². The van der Waals surface area contributed by atoms with Gasteiger partial charge in [-0.05, 0) is 30.3 Å². The Kier molecular flexibility index (Phi) is 4.56. The van der Waals surface area contributed by atoms with Crippen LogP contribution in [0.1, 0.15) is 18.3 Å². The third-order valence-corrected chi connectivity index (χ3v) is 3.50. The number of hydrogen-bond acceptors (Lipinski definition) is 2. The zero-order valence-corrected chi connectivity index (χ0v) is 11.9. The zero-order valence-electron chi connectivity index (χ0n) is 11.1. The average molecular weight is 282 g/mol. The minimum Gasteiger partial charge on any atom is -0.337 e. The molecular formula is C14H17ClFN3. The molecule has 0 radical (unpaired) electrons. The fourth-order valence-corrected chi connectivity index (χ4v) is 2.11. The quantitative estimate of drug-likeness (QED) is 0.839. The molecule has 0 saturated carbocycles. The van der Waals surface area contributed by atoms with Gasteiger partial charge in [0, 0.05) is 31.0 Å². The second-order valence-electron chi connectivity index (χ2n) is 4.49. The SMILES string of the molecule is CCN(Cc1cc(F)ccc1Cl)Cc1nccn1C. The third-order valence-electron chi connectivity index (χ3n) is 3.13. The summed E-state index contributed by atoms with van der Waals surface area (Å²) in [6.07, 6.45) is 3.69. The van der Waals surface area contributed by atoms with Gasteiger partial charge in [0.2, 0.25) is 0 Å². The Morgan fingerprint density at radius 3 is 2.79 bits per heavy atom. The molecule has 0 spiro atoms. The molecule has 0 saturated heterocycles. The Morgan fingerprint density at radius 1 is 1.37 bits per heavy atom. The third kappa shape index (κ3) is 3.55. The van der Waals surface area contributed by atoms with Gasteiger partial charge in [0.25, 0.3) is 0 Å². The van der Waals surface area contributed by atoms with Gasteiger partial charge in [-0.15, -0.1) is 0 Å². The molecular weight excluding hydrogens is 265 g/mol. The van der Waals surface area contributed by atoms with Crippen molar-refractivity contribution in [2.24, 2.45) is 7.05 Å². The van der Waals surface area contributed by atoms with Gasteiger partial charge >= 0.3 is 0 Å². The van der Waals surface area contributed by atoms with E-state index in [4.69, 9.17) is 11.6 Å². The highest BCUT2D eigenvalue weighted by Crippen LogP contribution is 2.19. The van der Waals surface area contributed by atoms with Crippen molar-refractivity contribution in [2.75, 3.05) is 6.54 Å². The first-order valence-corrected chi connectivity index (χ1v) is 6.60. The van der Waals surface area contributed by atoms with E-state index in [0.29, 0.717) is 18.1 Å². The number of benzene rings is 1. The van der Waals surface area contributed by atoms with Crippen molar-refractivity contribution in [3.63, 3.8) is 0 Å². The lowest BCUT2D eigenvalue weighted by atomic mass is 10.2. The molecule has 19 heavy (non-hydrogen) atoms. The maximum absolute atomic E-state index is 13.2. The highest BCUT2D eigenvalue weighted by Gasteiger charge is 2.10. The van der Waals surface area contributed by atoms with Gasteiger partial charge in [-0.25, -0.2) is 9.37 Å². The summed E-state index contributed by atoms with van der Waals surface area (Å²) in [4.78, 5) is 6.47. The summed E-state index contributed by atoms with van der Waals surface area (Å²) in [6, 6.07) is 4.46. The molecule has 1 aromatic heterocycles. The summed E-state index contributed by atoms with van der Waals surface area (Å²) in [5.41, 5.74) is 0.803. The van der Waals surface area contributed by atoms with E-state index in [1.165, 1.54) is 12.1 Å². The highest BCUT2D eigenvalue weighted by atomic mass is 35.5. The number of rotatable bonds is 5. The van der Waals surface area contributed by atoms with Crippen molar-refractivity contribution >= 4 is 11.6 Å². The summed E-state index contributed by atoms with van der Waals surface area (Å²) in [5, 5.41) is 0.597. The second kappa shape index (κ2) is 6.17. The van der Waals surface area contributed by atoms with E-state index < -0.39 is 0 Å². The molecule has 0 fully saturated rings. The predicted molar refractivity (Wildman–Crippen MR) is 74.4 cm³/mol. The van der Waals surface area contributed by atoms with E-state index in [1.807, 2.05) is 17.8 Å². The lowest BCUT2D eigenvalue weighted by Gasteiger charge is -2.20. The Bertz CT molecular complexity index is 553. The lowest BCUT2D eigenvalue weighted by Crippen LogP contribution is -2.24. The maximum Gasteiger partial charge on any atom is 0.123 e. The number of nitrogens with zero attached hydrogens (tertiary/aromatic N) is 3. The molecule has 1 aromatic carbocycles. The fraction of sp³-hybridized carbons (Fsp3) is 0.357. The largest absolute Gasteiger partial charge is 0.337 e. The van der Waals surface area contributed by atoms with Crippen LogP contribution < -0.4 is 0 Å². The molecule has 0 unspecified atom stereocenters. The van der Waals surface area contributed by atoms with Crippen LogP contribution in [0.3, 0.4) is 0 Å². The van der Waals surface area contributed by atoms with Crippen molar-refractivity contribution in [3.8, 4) is 0 Å². The van der Waals surface area contributed by atoms with Crippen LogP contribution in [0.15, 0.2) is 30.6 Å². The van der Waals surface area contributed by atoms with Gasteiger partial charge in [-0.2, -0.15) is 0 Å². The monoisotopic (exact) mass is 281 g/mol. The zero-order chi connectivity index (χ0) is 13.8. The van der Waals surface area contributed by atoms with Crippen LogP contribution in [-0.2, 0) is 20.1 Å². The molecule has 0 aliphatic heterocycles. The minimum absolute atomic E-state index is 0.257. The Hall–Kier alpha value is -1.39. The van der Waals surface area contributed by atoms with Gasteiger partial charge < -0.3 is 4.57 Å². The molecule has 5 heteroatoms. The van der Waals surface area contributed by atoms with E-state index in [0.717, 1.165) is 17.9 Å². The minimum atomic E-state index is -0.257. The average Bonchev–Trinajstić information content (AvgIpc) is 2.78. The molecule has 0 N–H and O–H groups in total. The van der Waals surface area contributed by atoms with E-state index in [1.54, 1.807) is 12.3 Å². The van der Waals surface area contributed by atoms with Crippen LogP contribution in [0, 0.1) is 5.82 Å². The van der Waals surface area contributed by atoms with Crippen molar-refractivity contribution in [1.29, 1.82) is 0 Å². The number of aryl methyl sites for hydroxylation is 1. The predicted octanol–water partition coefficient (Wildman–Crippen LogP) is 3.23. The Labute approximate surface area is 117 Å². The fourth-order valence-electron chi connectivity index (χ4n) is 1.93.